The van der Waals surface area contributed by atoms with Crippen molar-refractivity contribution in [1.29, 1.82) is 0 Å². The van der Waals surface area contributed by atoms with Crippen molar-refractivity contribution >= 4 is 11.4 Å². The summed E-state index contributed by atoms with van der Waals surface area (Å²) in [7, 11) is 0. The van der Waals surface area contributed by atoms with E-state index in [4.69, 9.17) is 0 Å². The molecule has 0 spiro atoms. The second-order valence-electron chi connectivity index (χ2n) is 4.29. The average molecular weight is 312 g/mol. The molecule has 2 aromatic carbocycles. The van der Waals surface area contributed by atoms with Gasteiger partial charge in [0.1, 0.15) is 0 Å². The fraction of sp³-hybridized carbons (Fsp3) is 0.0769. The number of benzene rings is 2. The topological polar surface area (TPSA) is 86.3 Å². The summed E-state index contributed by atoms with van der Waals surface area (Å²) in [6, 6.07) is 6.76. The highest BCUT2D eigenvalue weighted by Gasteiger charge is 2.31. The minimum atomic E-state index is -4.59. The number of hydrogen-bond donors (Lipinski definition) is 0. The molecule has 6 nitrogen and oxygen atoms in total. The van der Waals surface area contributed by atoms with Gasteiger partial charge in [0.05, 0.1) is 27.0 Å². The maximum atomic E-state index is 12.7. The molecule has 0 bridgehead atoms. The van der Waals surface area contributed by atoms with Crippen LogP contribution in [0, 0.1) is 20.2 Å². The van der Waals surface area contributed by atoms with Crippen LogP contribution in [0.25, 0.3) is 11.1 Å². The van der Waals surface area contributed by atoms with Crippen molar-refractivity contribution in [3.63, 3.8) is 0 Å². The molecule has 0 aromatic heterocycles. The maximum absolute atomic E-state index is 12.7. The molecule has 0 atom stereocenters. The van der Waals surface area contributed by atoms with Gasteiger partial charge in [0.15, 0.2) is 0 Å². The second-order valence-corrected chi connectivity index (χ2v) is 4.29. The van der Waals surface area contributed by atoms with Crippen LogP contribution in [-0.4, -0.2) is 9.85 Å². The zero-order chi connectivity index (χ0) is 16.5. The predicted molar refractivity (Wildman–Crippen MR) is 70.2 cm³/mol. The number of halogens is 3. The van der Waals surface area contributed by atoms with Crippen LogP contribution in [0.2, 0.25) is 0 Å². The van der Waals surface area contributed by atoms with Crippen molar-refractivity contribution in [1.82, 2.24) is 0 Å². The lowest BCUT2D eigenvalue weighted by Gasteiger charge is -2.09. The zero-order valence-corrected chi connectivity index (χ0v) is 10.7. The van der Waals surface area contributed by atoms with Gasteiger partial charge in [-0.25, -0.2) is 0 Å². The van der Waals surface area contributed by atoms with E-state index in [-0.39, 0.29) is 11.1 Å². The first kappa shape index (κ1) is 15.4. The molecule has 0 aliphatic carbocycles. The van der Waals surface area contributed by atoms with E-state index in [9.17, 15) is 33.4 Å². The Balaban J connectivity index is 2.62. The molecule has 0 fully saturated rings. The van der Waals surface area contributed by atoms with Gasteiger partial charge in [-0.1, -0.05) is 12.1 Å². The number of rotatable bonds is 3. The molecule has 0 heterocycles. The van der Waals surface area contributed by atoms with E-state index >= 15 is 0 Å². The second kappa shape index (κ2) is 5.43. The van der Waals surface area contributed by atoms with E-state index in [0.29, 0.717) is 0 Å². The van der Waals surface area contributed by atoms with Crippen molar-refractivity contribution in [3.8, 4) is 11.1 Å². The summed E-state index contributed by atoms with van der Waals surface area (Å²) in [4.78, 5) is 20.0. The molecule has 0 N–H and O–H groups in total. The summed E-state index contributed by atoms with van der Waals surface area (Å²) < 4.78 is 38.1. The van der Waals surface area contributed by atoms with Gasteiger partial charge in [-0.15, -0.1) is 0 Å². The van der Waals surface area contributed by atoms with Crippen LogP contribution in [0.4, 0.5) is 24.5 Å². The molecule has 0 aliphatic rings. The average Bonchev–Trinajstić information content (AvgIpc) is 2.45. The Kier molecular flexibility index (Phi) is 3.81. The molecule has 114 valence electrons. The van der Waals surface area contributed by atoms with Gasteiger partial charge in [0, 0.05) is 6.07 Å². The minimum Gasteiger partial charge on any atom is -0.258 e. The summed E-state index contributed by atoms with van der Waals surface area (Å²) in [5, 5.41) is 21.7. The number of nitro benzene ring substituents is 2. The third-order valence-electron chi connectivity index (χ3n) is 2.89. The molecular weight excluding hydrogens is 305 g/mol. The Morgan fingerprint density at radius 1 is 0.909 bits per heavy atom. The zero-order valence-electron chi connectivity index (χ0n) is 10.7. The number of nitro groups is 2. The van der Waals surface area contributed by atoms with Gasteiger partial charge in [0.25, 0.3) is 11.4 Å². The van der Waals surface area contributed by atoms with Gasteiger partial charge in [0.2, 0.25) is 0 Å². The fourth-order valence-electron chi connectivity index (χ4n) is 1.89. The Morgan fingerprint density at radius 3 is 2.14 bits per heavy atom. The summed E-state index contributed by atoms with van der Waals surface area (Å²) in [6.45, 7) is 0. The molecule has 22 heavy (non-hydrogen) atoms. The van der Waals surface area contributed by atoms with Gasteiger partial charge in [-0.2, -0.15) is 13.2 Å². The summed E-state index contributed by atoms with van der Waals surface area (Å²) in [5.74, 6) is 0. The van der Waals surface area contributed by atoms with Crippen LogP contribution in [0.15, 0.2) is 42.5 Å². The standard InChI is InChI=1S/C13H7F3N2O4/c14-13(15,16)9-3-1-2-8(6-9)11-5-4-10(17(19)20)7-12(11)18(21)22/h1-7H. The third-order valence-corrected chi connectivity index (χ3v) is 2.89. The number of non-ortho nitro benzene ring substituents is 1. The predicted octanol–water partition coefficient (Wildman–Crippen LogP) is 4.19. The quantitative estimate of drug-likeness (QED) is 0.628. The molecule has 2 rings (SSSR count). The number of hydrogen-bond acceptors (Lipinski definition) is 4. The van der Waals surface area contributed by atoms with E-state index in [1.807, 2.05) is 0 Å². The van der Waals surface area contributed by atoms with Gasteiger partial charge < -0.3 is 0 Å². The minimum absolute atomic E-state index is 0.0450. The SMILES string of the molecule is O=[N+]([O-])c1ccc(-c2cccc(C(F)(F)F)c2)c([N+](=O)[O-])c1. The third kappa shape index (κ3) is 3.03. The van der Waals surface area contributed by atoms with Crippen molar-refractivity contribution in [3.05, 3.63) is 68.3 Å². The lowest BCUT2D eigenvalue weighted by atomic mass is 10.0. The monoisotopic (exact) mass is 312 g/mol. The van der Waals surface area contributed by atoms with Crippen LogP contribution in [-0.2, 0) is 6.18 Å². The van der Waals surface area contributed by atoms with Gasteiger partial charge >= 0.3 is 6.18 Å². The smallest absolute Gasteiger partial charge is 0.258 e. The Bertz CT molecular complexity index is 759. The molecule has 2 aromatic rings. The van der Waals surface area contributed by atoms with Gasteiger partial charge in [-0.05, 0) is 23.8 Å². The van der Waals surface area contributed by atoms with Crippen molar-refractivity contribution in [2.24, 2.45) is 0 Å². The van der Waals surface area contributed by atoms with Crippen LogP contribution >= 0.6 is 0 Å². The van der Waals surface area contributed by atoms with E-state index in [0.717, 1.165) is 36.4 Å². The largest absolute Gasteiger partial charge is 0.416 e. The lowest BCUT2D eigenvalue weighted by molar-refractivity contribution is -0.393. The summed E-state index contributed by atoms with van der Waals surface area (Å²) >= 11 is 0. The first-order chi connectivity index (χ1) is 10.2. The van der Waals surface area contributed by atoms with Crippen molar-refractivity contribution < 1.29 is 23.0 Å². The van der Waals surface area contributed by atoms with Crippen LogP contribution in [0.3, 0.4) is 0 Å². The Hall–Kier alpha value is -2.97. The van der Waals surface area contributed by atoms with Crippen molar-refractivity contribution in [2.45, 2.75) is 6.18 Å². The molecule has 0 aliphatic heterocycles. The first-order valence-corrected chi connectivity index (χ1v) is 5.80. The molecule has 0 radical (unpaired) electrons. The van der Waals surface area contributed by atoms with E-state index in [1.165, 1.54) is 6.07 Å². The highest BCUT2D eigenvalue weighted by atomic mass is 19.4. The highest BCUT2D eigenvalue weighted by Crippen LogP contribution is 2.36. The van der Waals surface area contributed by atoms with E-state index in [2.05, 4.69) is 0 Å². The highest BCUT2D eigenvalue weighted by molar-refractivity contribution is 5.75. The van der Waals surface area contributed by atoms with Crippen LogP contribution < -0.4 is 0 Å². The van der Waals surface area contributed by atoms with Gasteiger partial charge in [-0.3, -0.25) is 20.2 Å². The number of alkyl halides is 3. The van der Waals surface area contributed by atoms with E-state index in [1.54, 1.807) is 0 Å². The lowest BCUT2D eigenvalue weighted by Crippen LogP contribution is -2.04. The maximum Gasteiger partial charge on any atom is 0.416 e. The Morgan fingerprint density at radius 2 is 1.59 bits per heavy atom. The molecule has 0 saturated carbocycles. The molecule has 0 saturated heterocycles. The van der Waals surface area contributed by atoms with Crippen LogP contribution in [0.1, 0.15) is 5.56 Å². The Labute approximate surface area is 121 Å². The van der Waals surface area contributed by atoms with Crippen LogP contribution in [0.5, 0.6) is 0 Å². The molecular formula is C13H7F3N2O4. The fourth-order valence-corrected chi connectivity index (χ4v) is 1.89. The molecule has 0 amide bonds. The molecule has 0 unspecified atom stereocenters. The van der Waals surface area contributed by atoms with E-state index < -0.39 is 33.0 Å². The first-order valence-electron chi connectivity index (χ1n) is 5.80. The van der Waals surface area contributed by atoms with Crippen molar-refractivity contribution in [2.75, 3.05) is 0 Å². The number of nitrogens with zero attached hydrogens (tertiary/aromatic N) is 2. The molecule has 9 heteroatoms. The normalized spacial score (nSPS) is 11.2. The summed E-state index contributed by atoms with van der Waals surface area (Å²) in [5.41, 5.74) is -2.27. The summed E-state index contributed by atoms with van der Waals surface area (Å²) in [6.07, 6.45) is -4.59.